The Morgan fingerprint density at radius 1 is 0.824 bits per heavy atom. The summed E-state index contributed by atoms with van der Waals surface area (Å²) >= 11 is 0. The summed E-state index contributed by atoms with van der Waals surface area (Å²) < 4.78 is 0. The van der Waals surface area contributed by atoms with Crippen LogP contribution in [0, 0.1) is 0 Å². The highest BCUT2D eigenvalue weighted by molar-refractivity contribution is 5.76. The molecule has 0 radical (unpaired) electrons. The lowest BCUT2D eigenvalue weighted by Crippen LogP contribution is -1.90. The fourth-order valence-electron chi connectivity index (χ4n) is 1.83. The Balaban J connectivity index is 2.18. The van der Waals surface area contributed by atoms with E-state index in [1.807, 2.05) is 48.7 Å². The third kappa shape index (κ3) is 1.83. The van der Waals surface area contributed by atoms with Gasteiger partial charge in [0.2, 0.25) is 0 Å². The molecule has 0 aliphatic rings. The topological polar surface area (TPSA) is 41.6 Å². The summed E-state index contributed by atoms with van der Waals surface area (Å²) in [5.74, 6) is 0. The van der Waals surface area contributed by atoms with E-state index < -0.39 is 0 Å². The zero-order valence-electron chi connectivity index (χ0n) is 9.17. The van der Waals surface area contributed by atoms with Crippen molar-refractivity contribution >= 4 is 0 Å². The number of aromatic amines is 1. The Bertz CT molecular complexity index is 600. The van der Waals surface area contributed by atoms with Crippen LogP contribution < -0.4 is 0 Å². The molecule has 0 fully saturated rings. The van der Waals surface area contributed by atoms with Crippen LogP contribution in [0.25, 0.3) is 22.6 Å². The average molecular weight is 221 g/mol. The summed E-state index contributed by atoms with van der Waals surface area (Å²) in [6, 6.07) is 13.8. The molecule has 3 heterocycles. The third-order valence-electron chi connectivity index (χ3n) is 2.60. The monoisotopic (exact) mass is 221 g/mol. The molecule has 0 atom stereocenters. The van der Waals surface area contributed by atoms with Crippen LogP contribution in [0.4, 0.5) is 0 Å². The van der Waals surface area contributed by atoms with E-state index in [0.29, 0.717) is 0 Å². The van der Waals surface area contributed by atoms with E-state index in [2.05, 4.69) is 15.0 Å². The maximum atomic E-state index is 4.42. The number of aromatic nitrogens is 3. The molecular formula is C14H11N3. The molecule has 3 aromatic heterocycles. The molecule has 0 bridgehead atoms. The number of H-pyrrole nitrogens is 1. The van der Waals surface area contributed by atoms with E-state index in [9.17, 15) is 0 Å². The molecule has 17 heavy (non-hydrogen) atoms. The molecule has 3 heteroatoms. The van der Waals surface area contributed by atoms with Gasteiger partial charge in [-0.05, 0) is 36.4 Å². The summed E-state index contributed by atoms with van der Waals surface area (Å²) in [6.45, 7) is 0. The van der Waals surface area contributed by atoms with Crippen LogP contribution in [0.3, 0.4) is 0 Å². The predicted octanol–water partition coefficient (Wildman–Crippen LogP) is 3.14. The Morgan fingerprint density at radius 3 is 2.53 bits per heavy atom. The Kier molecular flexibility index (Phi) is 2.43. The Morgan fingerprint density at radius 2 is 1.76 bits per heavy atom. The second-order valence-corrected chi connectivity index (χ2v) is 3.70. The Labute approximate surface area is 99.2 Å². The van der Waals surface area contributed by atoms with Crippen LogP contribution in [0.2, 0.25) is 0 Å². The maximum absolute atomic E-state index is 4.42. The fourth-order valence-corrected chi connectivity index (χ4v) is 1.83. The van der Waals surface area contributed by atoms with Crippen molar-refractivity contribution in [1.82, 2.24) is 15.0 Å². The molecule has 0 saturated heterocycles. The van der Waals surface area contributed by atoms with E-state index in [1.54, 1.807) is 12.4 Å². The van der Waals surface area contributed by atoms with Gasteiger partial charge in [-0.15, -0.1) is 0 Å². The fraction of sp³-hybridized carbons (Fsp3) is 0. The summed E-state index contributed by atoms with van der Waals surface area (Å²) in [6.07, 6.45) is 5.48. The lowest BCUT2D eigenvalue weighted by atomic mass is 10.1. The minimum absolute atomic E-state index is 0.887. The summed E-state index contributed by atoms with van der Waals surface area (Å²) in [7, 11) is 0. The smallest absolute Gasteiger partial charge is 0.0979 e. The first-order valence-corrected chi connectivity index (χ1v) is 5.45. The first-order chi connectivity index (χ1) is 8.45. The number of hydrogen-bond acceptors (Lipinski definition) is 2. The second-order valence-electron chi connectivity index (χ2n) is 3.70. The molecule has 0 spiro atoms. The first kappa shape index (κ1) is 9.78. The van der Waals surface area contributed by atoms with Gasteiger partial charge in [0.15, 0.2) is 0 Å². The zero-order valence-corrected chi connectivity index (χ0v) is 9.17. The van der Waals surface area contributed by atoms with Gasteiger partial charge in [0.1, 0.15) is 0 Å². The van der Waals surface area contributed by atoms with Crippen molar-refractivity contribution < 1.29 is 0 Å². The summed E-state index contributed by atoms with van der Waals surface area (Å²) in [5, 5.41) is 0. The van der Waals surface area contributed by atoms with Gasteiger partial charge in [-0.2, -0.15) is 0 Å². The molecule has 0 aliphatic heterocycles. The molecule has 0 aromatic carbocycles. The zero-order chi connectivity index (χ0) is 11.5. The molecule has 0 amide bonds. The SMILES string of the molecule is c1ccc(-c2ncccc2-c2ccc[nH]2)nc1. The highest BCUT2D eigenvalue weighted by Crippen LogP contribution is 2.27. The van der Waals surface area contributed by atoms with Crippen LogP contribution in [0.1, 0.15) is 0 Å². The maximum Gasteiger partial charge on any atom is 0.0979 e. The number of pyridine rings is 2. The summed E-state index contributed by atoms with van der Waals surface area (Å²) in [5.41, 5.74) is 3.91. The van der Waals surface area contributed by atoms with E-state index in [-0.39, 0.29) is 0 Å². The number of rotatable bonds is 2. The number of hydrogen-bond donors (Lipinski definition) is 1. The molecule has 0 aliphatic carbocycles. The van der Waals surface area contributed by atoms with Crippen LogP contribution in [-0.2, 0) is 0 Å². The molecule has 1 N–H and O–H groups in total. The van der Waals surface area contributed by atoms with Gasteiger partial charge in [-0.1, -0.05) is 6.07 Å². The molecule has 0 saturated carbocycles. The van der Waals surface area contributed by atoms with Crippen molar-refractivity contribution in [1.29, 1.82) is 0 Å². The van der Waals surface area contributed by atoms with E-state index >= 15 is 0 Å². The molecule has 3 rings (SSSR count). The van der Waals surface area contributed by atoms with Crippen LogP contribution in [-0.4, -0.2) is 15.0 Å². The highest BCUT2D eigenvalue weighted by Gasteiger charge is 2.08. The van der Waals surface area contributed by atoms with Crippen molar-refractivity contribution in [2.75, 3.05) is 0 Å². The molecule has 0 unspecified atom stereocenters. The van der Waals surface area contributed by atoms with Crippen molar-refractivity contribution in [3.05, 3.63) is 61.1 Å². The molecular weight excluding hydrogens is 210 g/mol. The van der Waals surface area contributed by atoms with Gasteiger partial charge >= 0.3 is 0 Å². The Hall–Kier alpha value is -2.42. The van der Waals surface area contributed by atoms with Gasteiger partial charge in [0.05, 0.1) is 11.4 Å². The second kappa shape index (κ2) is 4.22. The number of nitrogens with one attached hydrogen (secondary N) is 1. The summed E-state index contributed by atoms with van der Waals surface area (Å²) in [4.78, 5) is 12.0. The van der Waals surface area contributed by atoms with Crippen molar-refractivity contribution in [3.8, 4) is 22.6 Å². The first-order valence-electron chi connectivity index (χ1n) is 5.45. The van der Waals surface area contributed by atoms with Crippen LogP contribution in [0.5, 0.6) is 0 Å². The largest absolute Gasteiger partial charge is 0.361 e. The quantitative estimate of drug-likeness (QED) is 0.722. The molecule has 3 aromatic rings. The van der Waals surface area contributed by atoms with E-state index in [4.69, 9.17) is 0 Å². The lowest BCUT2D eigenvalue weighted by molar-refractivity contribution is 1.24. The normalized spacial score (nSPS) is 10.4. The van der Waals surface area contributed by atoms with Crippen LogP contribution >= 0.6 is 0 Å². The van der Waals surface area contributed by atoms with E-state index in [0.717, 1.165) is 22.6 Å². The van der Waals surface area contributed by atoms with Gasteiger partial charge in [0.25, 0.3) is 0 Å². The molecule has 82 valence electrons. The van der Waals surface area contributed by atoms with Gasteiger partial charge < -0.3 is 4.98 Å². The van der Waals surface area contributed by atoms with E-state index in [1.165, 1.54) is 0 Å². The van der Waals surface area contributed by atoms with Crippen molar-refractivity contribution in [2.24, 2.45) is 0 Å². The van der Waals surface area contributed by atoms with Gasteiger partial charge in [-0.25, -0.2) is 0 Å². The minimum atomic E-state index is 0.887. The minimum Gasteiger partial charge on any atom is -0.361 e. The highest BCUT2D eigenvalue weighted by atomic mass is 14.8. The van der Waals surface area contributed by atoms with Crippen molar-refractivity contribution in [3.63, 3.8) is 0 Å². The third-order valence-corrected chi connectivity index (χ3v) is 2.60. The van der Waals surface area contributed by atoms with Gasteiger partial charge in [-0.3, -0.25) is 9.97 Å². The van der Waals surface area contributed by atoms with Crippen LogP contribution in [0.15, 0.2) is 61.1 Å². The predicted molar refractivity (Wildman–Crippen MR) is 67.3 cm³/mol. The molecule has 3 nitrogen and oxygen atoms in total. The van der Waals surface area contributed by atoms with Gasteiger partial charge in [0, 0.05) is 29.8 Å². The number of nitrogens with zero attached hydrogens (tertiary/aromatic N) is 2. The standard InChI is InChI=1S/C14H11N3/c1-2-8-16-13(6-1)14-11(5-3-10-17-14)12-7-4-9-15-12/h1-10,15H. The average Bonchev–Trinajstić information content (AvgIpc) is 2.94. The lowest BCUT2D eigenvalue weighted by Gasteiger charge is -2.05. The van der Waals surface area contributed by atoms with Crippen molar-refractivity contribution in [2.45, 2.75) is 0 Å².